The second-order valence-electron chi connectivity index (χ2n) is 7.56. The third-order valence-corrected chi connectivity index (χ3v) is 5.36. The summed E-state index contributed by atoms with van der Waals surface area (Å²) >= 11 is 0. The van der Waals surface area contributed by atoms with E-state index in [9.17, 15) is 19.7 Å². The second-order valence-corrected chi connectivity index (χ2v) is 7.56. The molecule has 3 aromatic carbocycles. The summed E-state index contributed by atoms with van der Waals surface area (Å²) < 4.78 is 10.5. The highest BCUT2D eigenvalue weighted by Crippen LogP contribution is 2.28. The number of pyridine rings is 1. The van der Waals surface area contributed by atoms with Gasteiger partial charge in [0.1, 0.15) is 5.75 Å². The van der Waals surface area contributed by atoms with E-state index >= 15 is 0 Å². The Bertz CT molecular complexity index is 1410. The fourth-order valence-corrected chi connectivity index (χ4v) is 3.56. The normalized spacial score (nSPS) is 10.6. The van der Waals surface area contributed by atoms with E-state index in [1.165, 1.54) is 18.2 Å². The first-order chi connectivity index (χ1) is 16.4. The number of carbonyl (C=O) groups is 2. The minimum atomic E-state index is -0.688. The van der Waals surface area contributed by atoms with Crippen molar-refractivity contribution in [1.29, 1.82) is 0 Å². The van der Waals surface area contributed by atoms with Gasteiger partial charge in [-0.1, -0.05) is 30.3 Å². The second kappa shape index (κ2) is 9.50. The molecule has 170 valence electrons. The predicted octanol–water partition coefficient (Wildman–Crippen LogP) is 5.17. The van der Waals surface area contributed by atoms with E-state index in [2.05, 4.69) is 0 Å². The third kappa shape index (κ3) is 4.61. The number of rotatable bonds is 7. The minimum Gasteiger partial charge on any atom is -0.497 e. The van der Waals surface area contributed by atoms with E-state index in [1.54, 1.807) is 31.4 Å². The van der Waals surface area contributed by atoms with Crippen molar-refractivity contribution < 1.29 is 24.0 Å². The number of hydrogen-bond acceptors (Lipinski definition) is 7. The summed E-state index contributed by atoms with van der Waals surface area (Å²) in [6, 6.07) is 19.7. The van der Waals surface area contributed by atoms with Gasteiger partial charge in [0.25, 0.3) is 5.69 Å². The molecule has 8 nitrogen and oxygen atoms in total. The average molecular weight is 456 g/mol. The summed E-state index contributed by atoms with van der Waals surface area (Å²) in [4.78, 5) is 40.6. The van der Waals surface area contributed by atoms with E-state index in [1.807, 2.05) is 31.2 Å². The van der Waals surface area contributed by atoms with Crippen LogP contribution in [0.25, 0.3) is 22.2 Å². The highest BCUT2D eigenvalue weighted by Gasteiger charge is 2.19. The van der Waals surface area contributed by atoms with Gasteiger partial charge in [-0.2, -0.15) is 0 Å². The van der Waals surface area contributed by atoms with Crippen molar-refractivity contribution in [3.8, 4) is 17.0 Å². The molecular formula is C26H20N2O6. The molecule has 1 heterocycles. The van der Waals surface area contributed by atoms with Gasteiger partial charge in [0, 0.05) is 28.6 Å². The number of ketones is 1. The summed E-state index contributed by atoms with van der Waals surface area (Å²) in [5.41, 5.74) is 3.04. The summed E-state index contributed by atoms with van der Waals surface area (Å²) in [5, 5.41) is 11.6. The summed E-state index contributed by atoms with van der Waals surface area (Å²) in [6.07, 6.45) is 0. The zero-order chi connectivity index (χ0) is 24.2. The quantitative estimate of drug-likeness (QED) is 0.163. The molecule has 0 unspecified atom stereocenters. The fourth-order valence-electron chi connectivity index (χ4n) is 3.56. The molecule has 1 aromatic heterocycles. The van der Waals surface area contributed by atoms with Crippen molar-refractivity contribution in [2.45, 2.75) is 6.92 Å². The molecule has 0 bridgehead atoms. The van der Waals surface area contributed by atoms with Crippen LogP contribution in [-0.4, -0.2) is 35.4 Å². The monoisotopic (exact) mass is 456 g/mol. The first-order valence-electron chi connectivity index (χ1n) is 10.4. The van der Waals surface area contributed by atoms with E-state index in [-0.39, 0.29) is 16.8 Å². The van der Waals surface area contributed by atoms with Crippen molar-refractivity contribution in [3.63, 3.8) is 0 Å². The zero-order valence-electron chi connectivity index (χ0n) is 18.5. The minimum absolute atomic E-state index is 0.0938. The molecule has 4 rings (SSSR count). The number of nitrogens with zero attached hydrogens (tertiary/aromatic N) is 2. The van der Waals surface area contributed by atoms with E-state index in [4.69, 9.17) is 14.5 Å². The van der Waals surface area contributed by atoms with Crippen LogP contribution in [0.1, 0.15) is 26.3 Å². The Morgan fingerprint density at radius 3 is 2.44 bits per heavy atom. The third-order valence-electron chi connectivity index (χ3n) is 5.36. The highest BCUT2D eigenvalue weighted by molar-refractivity contribution is 6.06. The number of Topliss-reactive ketones (excluding diaryl/α,β-unsaturated/α-hetero) is 1. The Morgan fingerprint density at radius 1 is 1.00 bits per heavy atom. The molecule has 34 heavy (non-hydrogen) atoms. The number of benzene rings is 3. The topological polar surface area (TPSA) is 109 Å². The molecule has 0 saturated carbocycles. The van der Waals surface area contributed by atoms with Crippen LogP contribution < -0.4 is 4.74 Å². The largest absolute Gasteiger partial charge is 0.497 e. The lowest BCUT2D eigenvalue weighted by molar-refractivity contribution is -0.384. The number of nitro benzene ring substituents is 1. The predicted molar refractivity (Wildman–Crippen MR) is 126 cm³/mol. The molecule has 0 spiro atoms. The number of non-ortho nitro benzene ring substituents is 1. The average Bonchev–Trinajstić information content (AvgIpc) is 2.87. The van der Waals surface area contributed by atoms with Crippen molar-refractivity contribution in [2.75, 3.05) is 13.7 Å². The van der Waals surface area contributed by atoms with Crippen LogP contribution in [-0.2, 0) is 4.74 Å². The van der Waals surface area contributed by atoms with E-state index in [0.717, 1.165) is 17.2 Å². The van der Waals surface area contributed by atoms with Gasteiger partial charge in [0.2, 0.25) is 5.78 Å². The maximum absolute atomic E-state index is 13.0. The van der Waals surface area contributed by atoms with Crippen LogP contribution in [0.2, 0.25) is 0 Å². The summed E-state index contributed by atoms with van der Waals surface area (Å²) in [6.45, 7) is 1.35. The van der Waals surface area contributed by atoms with Gasteiger partial charge in [-0.05, 0) is 42.8 Å². The molecule has 0 N–H and O–H groups in total. The Hall–Kier alpha value is -4.59. The molecule has 0 aliphatic rings. The molecule has 8 heteroatoms. The maximum atomic E-state index is 13.0. The number of para-hydroxylation sites is 1. The molecular weight excluding hydrogens is 436 g/mol. The molecule has 0 aliphatic heterocycles. The van der Waals surface area contributed by atoms with Crippen LogP contribution in [0.3, 0.4) is 0 Å². The van der Waals surface area contributed by atoms with Crippen molar-refractivity contribution in [1.82, 2.24) is 4.98 Å². The van der Waals surface area contributed by atoms with Gasteiger partial charge in [-0.25, -0.2) is 9.78 Å². The Morgan fingerprint density at radius 2 is 1.74 bits per heavy atom. The van der Waals surface area contributed by atoms with Gasteiger partial charge in [0.15, 0.2) is 6.61 Å². The molecule has 0 saturated heterocycles. The Balaban J connectivity index is 1.65. The number of ether oxygens (including phenoxy) is 2. The van der Waals surface area contributed by atoms with Crippen LogP contribution >= 0.6 is 0 Å². The van der Waals surface area contributed by atoms with Crippen LogP contribution in [0.5, 0.6) is 5.75 Å². The SMILES string of the molecule is COc1ccc(-c2cc(C(=O)OCC(=O)c3cccc([N+](=O)[O-])c3)c3cccc(C)c3n2)cc1. The van der Waals surface area contributed by atoms with Gasteiger partial charge < -0.3 is 9.47 Å². The van der Waals surface area contributed by atoms with Crippen molar-refractivity contribution in [2.24, 2.45) is 0 Å². The van der Waals surface area contributed by atoms with Gasteiger partial charge in [-0.3, -0.25) is 14.9 Å². The lowest BCUT2D eigenvalue weighted by Gasteiger charge is -2.12. The first kappa shape index (κ1) is 22.6. The van der Waals surface area contributed by atoms with E-state index in [0.29, 0.717) is 22.3 Å². The summed E-state index contributed by atoms with van der Waals surface area (Å²) in [7, 11) is 1.58. The van der Waals surface area contributed by atoms with Crippen LogP contribution in [0, 0.1) is 17.0 Å². The summed E-state index contributed by atoms with van der Waals surface area (Å²) in [5.74, 6) is -0.534. The molecule has 4 aromatic rings. The number of esters is 1. The zero-order valence-corrected chi connectivity index (χ0v) is 18.5. The van der Waals surface area contributed by atoms with Gasteiger partial charge >= 0.3 is 5.97 Å². The van der Waals surface area contributed by atoms with Crippen LogP contribution in [0.15, 0.2) is 72.8 Å². The number of fused-ring (bicyclic) bond motifs is 1. The molecule has 0 amide bonds. The maximum Gasteiger partial charge on any atom is 0.339 e. The van der Waals surface area contributed by atoms with Gasteiger partial charge in [0.05, 0.1) is 28.8 Å². The number of nitro groups is 1. The molecule has 0 aliphatic carbocycles. The van der Waals surface area contributed by atoms with Crippen molar-refractivity contribution in [3.05, 3.63) is 99.6 Å². The lowest BCUT2D eigenvalue weighted by Crippen LogP contribution is -2.15. The molecule has 0 atom stereocenters. The van der Waals surface area contributed by atoms with Gasteiger partial charge in [-0.15, -0.1) is 0 Å². The number of methoxy groups -OCH3 is 1. The number of aryl methyl sites for hydroxylation is 1. The van der Waals surface area contributed by atoms with E-state index < -0.39 is 23.3 Å². The van der Waals surface area contributed by atoms with Crippen LogP contribution in [0.4, 0.5) is 5.69 Å². The molecule has 0 radical (unpaired) electrons. The smallest absolute Gasteiger partial charge is 0.339 e. The standard InChI is InChI=1S/C26H20N2O6/c1-16-5-3-8-21-22(14-23(27-25(16)21)17-9-11-20(33-2)12-10-17)26(30)34-15-24(29)18-6-4-7-19(13-18)28(31)32/h3-14H,15H2,1-2H3. The Kier molecular flexibility index (Phi) is 6.31. The number of carbonyl (C=O) groups excluding carboxylic acids is 2. The lowest BCUT2D eigenvalue weighted by atomic mass is 10.0. The number of aromatic nitrogens is 1. The first-order valence-corrected chi connectivity index (χ1v) is 10.4. The molecule has 0 fully saturated rings. The Labute approximate surface area is 194 Å². The highest BCUT2D eigenvalue weighted by atomic mass is 16.6. The number of hydrogen-bond donors (Lipinski definition) is 0. The fraction of sp³-hybridized carbons (Fsp3) is 0.115. The van der Waals surface area contributed by atoms with Crippen molar-refractivity contribution >= 4 is 28.3 Å².